The lowest BCUT2D eigenvalue weighted by atomic mass is 9.74. The minimum atomic E-state index is -3.27. The van der Waals surface area contributed by atoms with Crippen molar-refractivity contribution in [3.63, 3.8) is 0 Å². The van der Waals surface area contributed by atoms with Crippen molar-refractivity contribution in [1.82, 2.24) is 4.98 Å². The van der Waals surface area contributed by atoms with Crippen LogP contribution in [-0.2, 0) is 15.3 Å². The van der Waals surface area contributed by atoms with Crippen LogP contribution >= 0.6 is 0 Å². The van der Waals surface area contributed by atoms with Gasteiger partial charge in [0.2, 0.25) is 0 Å². The molecule has 0 N–H and O–H groups in total. The van der Waals surface area contributed by atoms with E-state index in [0.717, 1.165) is 18.4 Å². The van der Waals surface area contributed by atoms with Gasteiger partial charge in [-0.3, -0.25) is 0 Å². The van der Waals surface area contributed by atoms with Crippen molar-refractivity contribution in [2.45, 2.75) is 56.4 Å². The van der Waals surface area contributed by atoms with E-state index >= 15 is 0 Å². The molecule has 0 atom stereocenters. The lowest BCUT2D eigenvalue weighted by molar-refractivity contribution is 0.406. The van der Waals surface area contributed by atoms with Crippen LogP contribution in [0, 0.1) is 0 Å². The minimum Gasteiger partial charge on any atom is -0.244 e. The fourth-order valence-corrected chi connectivity index (χ4v) is 3.60. The highest BCUT2D eigenvalue weighted by atomic mass is 32.2. The maximum absolute atomic E-state index is 11.9. The van der Waals surface area contributed by atoms with Crippen molar-refractivity contribution in [1.29, 1.82) is 0 Å². The van der Waals surface area contributed by atoms with E-state index in [9.17, 15) is 8.42 Å². The van der Waals surface area contributed by atoms with Crippen LogP contribution in [0.15, 0.2) is 17.3 Å². The summed E-state index contributed by atoms with van der Waals surface area (Å²) in [6.07, 6.45) is 6.45. The highest BCUT2D eigenvalue weighted by molar-refractivity contribution is 7.90. The quantitative estimate of drug-likeness (QED) is 0.827. The molecule has 3 nitrogen and oxygen atoms in total. The monoisotopic (exact) mass is 267 g/mol. The lowest BCUT2D eigenvalue weighted by Gasteiger charge is -2.33. The van der Waals surface area contributed by atoms with Gasteiger partial charge in [-0.05, 0) is 41.4 Å². The summed E-state index contributed by atoms with van der Waals surface area (Å²) in [6, 6.07) is 2.00. The minimum absolute atomic E-state index is 0.197. The van der Waals surface area contributed by atoms with Gasteiger partial charge in [-0.25, -0.2) is 13.4 Å². The summed E-state index contributed by atoms with van der Waals surface area (Å²) in [5.74, 6) is 0.516. The molecule has 1 aromatic rings. The van der Waals surface area contributed by atoms with Crippen LogP contribution in [0.3, 0.4) is 0 Å². The van der Waals surface area contributed by atoms with Crippen molar-refractivity contribution in [3.8, 4) is 0 Å². The molecular formula is C14H21NO2S. The second kappa shape index (κ2) is 4.34. The van der Waals surface area contributed by atoms with E-state index in [1.807, 2.05) is 6.07 Å². The van der Waals surface area contributed by atoms with Gasteiger partial charge in [-0.2, -0.15) is 0 Å². The molecule has 0 bridgehead atoms. The standard InChI is InChI=1S/C14H21NO2S/c1-14(2,3)12-11(10-6-5-7-10)8-9-15-13(12)18(4,16)17/h8-10H,5-7H2,1-4H3. The fourth-order valence-electron chi connectivity index (χ4n) is 2.55. The average molecular weight is 267 g/mol. The molecule has 1 fully saturated rings. The number of hydrogen-bond donors (Lipinski definition) is 0. The zero-order valence-electron chi connectivity index (χ0n) is 11.5. The molecule has 2 rings (SSSR count). The van der Waals surface area contributed by atoms with Gasteiger partial charge in [0, 0.05) is 12.5 Å². The topological polar surface area (TPSA) is 47.0 Å². The second-order valence-corrected chi connectivity index (χ2v) is 8.16. The summed E-state index contributed by atoms with van der Waals surface area (Å²) in [5.41, 5.74) is 1.90. The summed E-state index contributed by atoms with van der Waals surface area (Å²) >= 11 is 0. The molecule has 0 saturated heterocycles. The predicted octanol–water partition coefficient (Wildman–Crippen LogP) is 3.05. The van der Waals surface area contributed by atoms with Crippen LogP contribution in [0.5, 0.6) is 0 Å². The van der Waals surface area contributed by atoms with E-state index in [4.69, 9.17) is 0 Å². The van der Waals surface area contributed by atoms with Gasteiger partial charge in [0.05, 0.1) is 0 Å². The number of hydrogen-bond acceptors (Lipinski definition) is 3. The van der Waals surface area contributed by atoms with E-state index in [2.05, 4.69) is 25.8 Å². The van der Waals surface area contributed by atoms with Gasteiger partial charge in [0.25, 0.3) is 0 Å². The first-order chi connectivity index (χ1) is 8.21. The predicted molar refractivity (Wildman–Crippen MR) is 72.6 cm³/mol. The molecule has 0 amide bonds. The van der Waals surface area contributed by atoms with E-state index in [0.29, 0.717) is 5.92 Å². The number of rotatable bonds is 2. The van der Waals surface area contributed by atoms with Crippen LogP contribution in [0.2, 0.25) is 0 Å². The fraction of sp³-hybridized carbons (Fsp3) is 0.643. The third kappa shape index (κ3) is 2.44. The smallest absolute Gasteiger partial charge is 0.193 e. The number of nitrogens with zero attached hydrogens (tertiary/aromatic N) is 1. The Kier molecular flexibility index (Phi) is 3.26. The molecule has 1 aliphatic rings. The zero-order chi connectivity index (χ0) is 13.6. The Bertz CT molecular complexity index is 552. The van der Waals surface area contributed by atoms with Gasteiger partial charge in [-0.1, -0.05) is 27.2 Å². The van der Waals surface area contributed by atoms with Crippen molar-refractivity contribution in [2.75, 3.05) is 6.26 Å². The van der Waals surface area contributed by atoms with E-state index in [-0.39, 0.29) is 10.4 Å². The summed E-state index contributed by atoms with van der Waals surface area (Å²) in [6.45, 7) is 6.17. The van der Waals surface area contributed by atoms with Gasteiger partial charge >= 0.3 is 0 Å². The van der Waals surface area contributed by atoms with Crippen molar-refractivity contribution in [2.24, 2.45) is 0 Å². The first-order valence-corrected chi connectivity index (χ1v) is 8.30. The van der Waals surface area contributed by atoms with Crippen LogP contribution < -0.4 is 0 Å². The Hall–Kier alpha value is -0.900. The number of sulfone groups is 1. The molecule has 0 aromatic carbocycles. The molecule has 1 aliphatic carbocycles. The van der Waals surface area contributed by atoms with Crippen molar-refractivity contribution >= 4 is 9.84 Å². The molecule has 1 aromatic heterocycles. The van der Waals surface area contributed by atoms with Gasteiger partial charge in [0.15, 0.2) is 14.9 Å². The average Bonchev–Trinajstić information content (AvgIpc) is 2.11. The molecular weight excluding hydrogens is 246 g/mol. The molecule has 0 spiro atoms. The van der Waals surface area contributed by atoms with E-state index in [1.54, 1.807) is 6.20 Å². The van der Waals surface area contributed by atoms with Crippen LogP contribution in [0.1, 0.15) is 57.1 Å². The van der Waals surface area contributed by atoms with E-state index < -0.39 is 9.84 Å². The lowest BCUT2D eigenvalue weighted by Crippen LogP contribution is -2.23. The Morgan fingerprint density at radius 1 is 1.28 bits per heavy atom. The normalized spacial score (nSPS) is 17.6. The molecule has 0 radical (unpaired) electrons. The van der Waals surface area contributed by atoms with Crippen molar-refractivity contribution in [3.05, 3.63) is 23.4 Å². The highest BCUT2D eigenvalue weighted by Crippen LogP contribution is 2.42. The largest absolute Gasteiger partial charge is 0.244 e. The Balaban J connectivity index is 2.68. The first-order valence-electron chi connectivity index (χ1n) is 6.40. The van der Waals surface area contributed by atoms with E-state index in [1.165, 1.54) is 18.2 Å². The first kappa shape index (κ1) is 13.5. The second-order valence-electron chi connectivity index (χ2n) is 6.23. The molecule has 0 unspecified atom stereocenters. The van der Waals surface area contributed by atoms with Crippen LogP contribution in [0.25, 0.3) is 0 Å². The summed E-state index contributed by atoms with van der Waals surface area (Å²) in [5, 5.41) is 0.263. The summed E-state index contributed by atoms with van der Waals surface area (Å²) in [4.78, 5) is 4.13. The Labute approximate surface area is 110 Å². The third-order valence-electron chi connectivity index (χ3n) is 3.59. The summed E-state index contributed by atoms with van der Waals surface area (Å²) in [7, 11) is -3.27. The third-order valence-corrected chi connectivity index (χ3v) is 4.61. The molecule has 1 saturated carbocycles. The van der Waals surface area contributed by atoms with Crippen molar-refractivity contribution < 1.29 is 8.42 Å². The molecule has 1 heterocycles. The maximum atomic E-state index is 11.9. The number of pyridine rings is 1. The maximum Gasteiger partial charge on any atom is 0.193 e. The van der Waals surface area contributed by atoms with Gasteiger partial charge < -0.3 is 0 Å². The molecule has 100 valence electrons. The molecule has 0 aliphatic heterocycles. The molecule has 18 heavy (non-hydrogen) atoms. The Morgan fingerprint density at radius 2 is 1.89 bits per heavy atom. The van der Waals surface area contributed by atoms with Gasteiger partial charge in [-0.15, -0.1) is 0 Å². The summed E-state index contributed by atoms with van der Waals surface area (Å²) < 4.78 is 23.8. The highest BCUT2D eigenvalue weighted by Gasteiger charge is 2.32. The zero-order valence-corrected chi connectivity index (χ0v) is 12.3. The Morgan fingerprint density at radius 3 is 2.28 bits per heavy atom. The van der Waals surface area contributed by atoms with Crippen LogP contribution in [0.4, 0.5) is 0 Å². The van der Waals surface area contributed by atoms with Gasteiger partial charge in [0.1, 0.15) is 0 Å². The van der Waals surface area contributed by atoms with Crippen LogP contribution in [-0.4, -0.2) is 19.7 Å². The SMILES string of the molecule is CC(C)(C)c1c(C2CCC2)ccnc1S(C)(=O)=O. The number of aromatic nitrogens is 1. The molecule has 4 heteroatoms.